The first kappa shape index (κ1) is 22.1. The molecular weight excluding hydrogens is 447 g/mol. The lowest BCUT2D eigenvalue weighted by atomic mass is 9.91. The predicted octanol–water partition coefficient (Wildman–Crippen LogP) is 1.84. The zero-order valence-electron chi connectivity index (χ0n) is 20.6. The average Bonchev–Trinajstić information content (AvgIpc) is 3.25. The van der Waals surface area contributed by atoms with Crippen molar-refractivity contribution in [3.63, 3.8) is 0 Å². The van der Waals surface area contributed by atoms with Crippen molar-refractivity contribution >= 4 is 35.7 Å². The number of nitrogens with one attached hydrogen (secondary N) is 1. The van der Waals surface area contributed by atoms with Gasteiger partial charge < -0.3 is 19.9 Å². The van der Waals surface area contributed by atoms with Gasteiger partial charge in [0.15, 0.2) is 0 Å². The van der Waals surface area contributed by atoms with E-state index in [1.54, 1.807) is 0 Å². The Hall–Kier alpha value is -3.12. The fourth-order valence-corrected chi connectivity index (χ4v) is 6.63. The number of rotatable bonds is 2. The number of aromatic nitrogens is 1. The first-order valence-electron chi connectivity index (χ1n) is 12.9. The summed E-state index contributed by atoms with van der Waals surface area (Å²) in [6.45, 7) is 9.78. The van der Waals surface area contributed by atoms with Crippen molar-refractivity contribution in [3.8, 4) is 6.07 Å². The maximum absolute atomic E-state index is 9.59. The summed E-state index contributed by atoms with van der Waals surface area (Å²) < 4.78 is 6.10. The van der Waals surface area contributed by atoms with Crippen molar-refractivity contribution in [1.82, 2.24) is 15.2 Å². The summed E-state index contributed by atoms with van der Waals surface area (Å²) in [6.07, 6.45) is 0. The van der Waals surface area contributed by atoms with Crippen molar-refractivity contribution < 1.29 is 4.74 Å². The zero-order chi connectivity index (χ0) is 24.4. The van der Waals surface area contributed by atoms with E-state index in [1.165, 1.54) is 16.8 Å². The summed E-state index contributed by atoms with van der Waals surface area (Å²) in [5, 5.41) is 14.1. The molecule has 0 aliphatic carbocycles. The largest absolute Gasteiger partial charge is 0.369 e. The Labute approximate surface area is 213 Å². The molecule has 180 valence electrons. The van der Waals surface area contributed by atoms with E-state index in [4.69, 9.17) is 12.6 Å². The van der Waals surface area contributed by atoms with E-state index in [0.717, 1.165) is 63.5 Å². The molecule has 0 unspecified atom stereocenters. The molecule has 36 heavy (non-hydrogen) atoms. The summed E-state index contributed by atoms with van der Waals surface area (Å²) in [5.74, 6) is 0. The second-order valence-corrected chi connectivity index (χ2v) is 10.8. The van der Waals surface area contributed by atoms with Gasteiger partial charge in [0.2, 0.25) is 0 Å². The Balaban J connectivity index is 1.16. The standard InChI is InChI=1S/C28H29BN6O/c1-18-12-33(24-6-2-19(11-30)27-23(24)5-7-26(29)32-27)14-25-22-4-3-21(10-20(22)13-35(18)25)34-16-28(17-34)15-31-8-9-36-28/h2-7,10,18,25,31H,8-9,12-17H2,1H3/t18-,25-/m1/s1. The Morgan fingerprint density at radius 2 is 2.03 bits per heavy atom. The Morgan fingerprint density at radius 1 is 1.14 bits per heavy atom. The van der Waals surface area contributed by atoms with Gasteiger partial charge in [-0.2, -0.15) is 5.26 Å². The Bertz CT molecular complexity index is 1390. The van der Waals surface area contributed by atoms with Crippen LogP contribution < -0.4 is 20.7 Å². The van der Waals surface area contributed by atoms with E-state index in [-0.39, 0.29) is 5.60 Å². The molecule has 4 aliphatic rings. The van der Waals surface area contributed by atoms with Crippen LogP contribution in [0.25, 0.3) is 10.9 Å². The van der Waals surface area contributed by atoms with Crippen LogP contribution in [-0.2, 0) is 11.3 Å². The van der Waals surface area contributed by atoms with E-state index in [0.29, 0.717) is 28.8 Å². The number of hydrogen-bond donors (Lipinski definition) is 1. The molecule has 0 amide bonds. The van der Waals surface area contributed by atoms with Crippen LogP contribution in [0.4, 0.5) is 11.4 Å². The van der Waals surface area contributed by atoms with E-state index >= 15 is 0 Å². The molecule has 2 atom stereocenters. The maximum Gasteiger partial charge on any atom is 0.141 e. The molecule has 5 heterocycles. The summed E-state index contributed by atoms with van der Waals surface area (Å²) >= 11 is 0. The smallest absolute Gasteiger partial charge is 0.141 e. The SMILES string of the molecule is [B]c1ccc2c(N3C[C@@H](C)N4Cc5cc(N6CC7(CNCCO7)C6)ccc5[C@H]4C3)ccc(C#N)c2n1. The number of ether oxygens (including phenoxy) is 1. The number of benzene rings is 2. The number of anilines is 2. The van der Waals surface area contributed by atoms with Gasteiger partial charge in [-0.15, -0.1) is 0 Å². The van der Waals surface area contributed by atoms with Gasteiger partial charge in [-0.25, -0.2) is 0 Å². The zero-order valence-corrected chi connectivity index (χ0v) is 20.6. The van der Waals surface area contributed by atoms with Crippen molar-refractivity contribution in [1.29, 1.82) is 5.26 Å². The fourth-order valence-electron chi connectivity index (χ4n) is 6.63. The van der Waals surface area contributed by atoms with Crippen LogP contribution in [-0.4, -0.2) is 75.2 Å². The lowest BCUT2D eigenvalue weighted by molar-refractivity contribution is -0.0828. The van der Waals surface area contributed by atoms with Crippen molar-refractivity contribution in [3.05, 3.63) is 59.2 Å². The second-order valence-electron chi connectivity index (χ2n) is 10.8. The molecule has 7 nitrogen and oxygen atoms in total. The maximum atomic E-state index is 9.59. The minimum Gasteiger partial charge on any atom is -0.369 e. The number of piperazine rings is 1. The molecule has 8 heteroatoms. The molecule has 2 aromatic carbocycles. The first-order valence-corrected chi connectivity index (χ1v) is 12.9. The van der Waals surface area contributed by atoms with Gasteiger partial charge in [-0.1, -0.05) is 12.1 Å². The third-order valence-electron chi connectivity index (χ3n) is 8.46. The van der Waals surface area contributed by atoms with E-state index in [1.807, 2.05) is 18.2 Å². The van der Waals surface area contributed by atoms with Crippen LogP contribution in [0, 0.1) is 11.3 Å². The molecule has 3 saturated heterocycles. The quantitative estimate of drug-likeness (QED) is 0.567. The lowest BCUT2D eigenvalue weighted by Gasteiger charge is -2.52. The van der Waals surface area contributed by atoms with E-state index < -0.39 is 0 Å². The highest BCUT2D eigenvalue weighted by molar-refractivity contribution is 6.31. The van der Waals surface area contributed by atoms with Crippen LogP contribution >= 0.6 is 0 Å². The van der Waals surface area contributed by atoms with Crippen molar-refractivity contribution in [2.75, 3.05) is 55.7 Å². The molecule has 1 aromatic heterocycles. The number of pyridine rings is 1. The van der Waals surface area contributed by atoms with Gasteiger partial charge in [0.25, 0.3) is 0 Å². The molecule has 7 rings (SSSR count). The number of nitrogens with zero attached hydrogens (tertiary/aromatic N) is 5. The second kappa shape index (κ2) is 8.20. The van der Waals surface area contributed by atoms with Gasteiger partial charge in [0, 0.05) is 55.5 Å². The lowest BCUT2D eigenvalue weighted by Crippen LogP contribution is -2.69. The van der Waals surface area contributed by atoms with Crippen LogP contribution in [0.3, 0.4) is 0 Å². The van der Waals surface area contributed by atoms with Crippen LogP contribution in [0.15, 0.2) is 42.5 Å². The van der Waals surface area contributed by atoms with Gasteiger partial charge in [-0.05, 0) is 54.0 Å². The molecule has 0 bridgehead atoms. The minimum atomic E-state index is -0.00679. The van der Waals surface area contributed by atoms with Crippen molar-refractivity contribution in [2.24, 2.45) is 0 Å². The molecule has 3 aromatic rings. The van der Waals surface area contributed by atoms with Crippen LogP contribution in [0.2, 0.25) is 0 Å². The number of morpholine rings is 1. The fraction of sp³-hybridized carbons (Fsp3) is 0.429. The number of fused-ring (bicyclic) bond motifs is 4. The predicted molar refractivity (Wildman–Crippen MR) is 142 cm³/mol. The first-order chi connectivity index (χ1) is 17.5. The molecule has 1 N–H and O–H groups in total. The Kier molecular flexibility index (Phi) is 5.04. The molecular formula is C28H29BN6O. The monoisotopic (exact) mass is 476 g/mol. The molecule has 0 saturated carbocycles. The molecule has 3 fully saturated rings. The third kappa shape index (κ3) is 3.41. The summed E-state index contributed by atoms with van der Waals surface area (Å²) in [6, 6.07) is 17.8. The molecule has 1 spiro atoms. The molecule has 4 aliphatic heterocycles. The Morgan fingerprint density at radius 3 is 2.83 bits per heavy atom. The number of nitriles is 1. The third-order valence-corrected chi connectivity index (χ3v) is 8.46. The summed E-state index contributed by atoms with van der Waals surface area (Å²) in [7, 11) is 5.96. The average molecular weight is 476 g/mol. The topological polar surface area (TPSA) is 67.7 Å². The highest BCUT2D eigenvalue weighted by Gasteiger charge is 2.46. The van der Waals surface area contributed by atoms with E-state index in [9.17, 15) is 5.26 Å². The van der Waals surface area contributed by atoms with Gasteiger partial charge in [-0.3, -0.25) is 9.88 Å². The normalized spacial score (nSPS) is 24.9. The minimum absolute atomic E-state index is 0.00679. The summed E-state index contributed by atoms with van der Waals surface area (Å²) in [5.41, 5.74) is 6.98. The van der Waals surface area contributed by atoms with Gasteiger partial charge in [0.1, 0.15) is 19.5 Å². The van der Waals surface area contributed by atoms with Gasteiger partial charge >= 0.3 is 0 Å². The van der Waals surface area contributed by atoms with Crippen molar-refractivity contribution in [2.45, 2.75) is 31.2 Å². The summed E-state index contributed by atoms with van der Waals surface area (Å²) in [4.78, 5) is 12.0. The highest BCUT2D eigenvalue weighted by atomic mass is 16.5. The van der Waals surface area contributed by atoms with E-state index in [2.05, 4.69) is 62.3 Å². The van der Waals surface area contributed by atoms with Crippen LogP contribution in [0.5, 0.6) is 0 Å². The molecule has 2 radical (unpaired) electrons. The number of hydrogen-bond acceptors (Lipinski definition) is 7. The van der Waals surface area contributed by atoms with Crippen LogP contribution in [0.1, 0.15) is 29.7 Å². The highest BCUT2D eigenvalue weighted by Crippen LogP contribution is 2.43. The van der Waals surface area contributed by atoms with Gasteiger partial charge in [0.05, 0.1) is 36.8 Å².